The molecule has 2 aromatic carbocycles. The predicted molar refractivity (Wildman–Crippen MR) is 149 cm³/mol. The predicted octanol–water partition coefficient (Wildman–Crippen LogP) is 5.96. The van der Waals surface area contributed by atoms with Crippen molar-refractivity contribution in [3.63, 3.8) is 0 Å². The number of rotatable bonds is 9. The molecular weight excluding hydrogens is 493 g/mol. The van der Waals surface area contributed by atoms with Crippen molar-refractivity contribution in [3.05, 3.63) is 65.1 Å². The summed E-state index contributed by atoms with van der Waals surface area (Å²) in [5.74, 6) is 1.13. The average molecular weight is 528 g/mol. The summed E-state index contributed by atoms with van der Waals surface area (Å²) >= 11 is 0. The molecule has 7 nitrogen and oxygen atoms in total. The van der Waals surface area contributed by atoms with E-state index in [0.29, 0.717) is 35.1 Å². The molecule has 0 amide bonds. The Hall–Kier alpha value is -3.59. The van der Waals surface area contributed by atoms with E-state index in [1.165, 1.54) is 13.1 Å². The molecule has 3 aromatic rings. The Morgan fingerprint density at radius 2 is 1.59 bits per heavy atom. The van der Waals surface area contributed by atoms with Crippen molar-refractivity contribution in [1.82, 2.24) is 4.98 Å². The molecule has 0 fully saturated rings. The van der Waals surface area contributed by atoms with Gasteiger partial charge < -0.3 is 14.8 Å². The maximum atomic E-state index is 15.0. The molecule has 37 heavy (non-hydrogen) atoms. The first-order valence-electron chi connectivity index (χ1n) is 11.7. The molecule has 0 unspecified atom stereocenters. The van der Waals surface area contributed by atoms with Gasteiger partial charge in [0.15, 0.2) is 0 Å². The number of allylic oxidation sites excluding steroid dienone is 1. The van der Waals surface area contributed by atoms with E-state index >= 15 is 4.39 Å². The third-order valence-electron chi connectivity index (χ3n) is 6.21. The summed E-state index contributed by atoms with van der Waals surface area (Å²) in [5.41, 5.74) is 6.04. The fraction of sp³-hybridized carbons (Fsp3) is 0.321. The molecule has 0 saturated heterocycles. The van der Waals surface area contributed by atoms with Gasteiger partial charge in [0, 0.05) is 47.6 Å². The fourth-order valence-electron chi connectivity index (χ4n) is 4.22. The molecule has 3 rings (SSSR count). The van der Waals surface area contributed by atoms with Crippen molar-refractivity contribution in [3.8, 4) is 33.8 Å². The lowest BCUT2D eigenvalue weighted by Gasteiger charge is -2.23. The van der Waals surface area contributed by atoms with Crippen LogP contribution in [0.15, 0.2) is 48.2 Å². The van der Waals surface area contributed by atoms with Crippen LogP contribution in [0.1, 0.15) is 25.0 Å². The topological polar surface area (TPSA) is 80.8 Å². The summed E-state index contributed by atoms with van der Waals surface area (Å²) in [7, 11) is 1.18. The Morgan fingerprint density at radius 3 is 2.05 bits per heavy atom. The van der Waals surface area contributed by atoms with Crippen molar-refractivity contribution in [2.45, 2.75) is 27.7 Å². The zero-order valence-corrected chi connectivity index (χ0v) is 23.4. The van der Waals surface area contributed by atoms with E-state index < -0.39 is 10.0 Å². The van der Waals surface area contributed by atoms with E-state index in [1.807, 2.05) is 39.8 Å². The number of anilines is 2. The van der Waals surface area contributed by atoms with Crippen LogP contribution in [0, 0.1) is 19.7 Å². The van der Waals surface area contributed by atoms with E-state index in [1.54, 1.807) is 38.6 Å². The van der Waals surface area contributed by atoms with E-state index in [4.69, 9.17) is 9.47 Å². The maximum absolute atomic E-state index is 15.0. The number of benzene rings is 2. The summed E-state index contributed by atoms with van der Waals surface area (Å²) in [6, 6.07) is 8.50. The molecule has 1 heterocycles. The van der Waals surface area contributed by atoms with Gasteiger partial charge in [-0.3, -0.25) is 4.31 Å². The third-order valence-corrected chi connectivity index (χ3v) is 7.39. The van der Waals surface area contributed by atoms with E-state index in [-0.39, 0.29) is 5.82 Å². The number of hydrogen-bond donors (Lipinski definition) is 1. The SMILES string of the molecule is COc1c(C)c(-c2ccc(NCC=C(C)C)c(F)c2)c(OC)c(C)c1-c1ccc(N(C)S(C)(=O)=O)nc1. The molecular formula is C28H34FN3O4S. The molecule has 0 bridgehead atoms. The Kier molecular flexibility index (Phi) is 8.48. The van der Waals surface area contributed by atoms with Gasteiger partial charge >= 0.3 is 0 Å². The second kappa shape index (κ2) is 11.2. The van der Waals surface area contributed by atoms with Crippen LogP contribution in [0.4, 0.5) is 15.9 Å². The molecule has 0 aliphatic heterocycles. The molecule has 0 spiro atoms. The smallest absolute Gasteiger partial charge is 0.233 e. The first-order chi connectivity index (χ1) is 17.4. The van der Waals surface area contributed by atoms with Crippen LogP contribution >= 0.6 is 0 Å². The number of halogens is 1. The molecule has 1 N–H and O–H groups in total. The van der Waals surface area contributed by atoms with Gasteiger partial charge in [-0.25, -0.2) is 17.8 Å². The molecule has 9 heteroatoms. The highest BCUT2D eigenvalue weighted by atomic mass is 32.2. The van der Waals surface area contributed by atoms with Crippen molar-refractivity contribution in [1.29, 1.82) is 0 Å². The number of hydrogen-bond acceptors (Lipinski definition) is 6. The number of sulfonamides is 1. The molecule has 0 aliphatic carbocycles. The van der Waals surface area contributed by atoms with Gasteiger partial charge in [-0.05, 0) is 57.5 Å². The largest absolute Gasteiger partial charge is 0.496 e. The number of nitrogens with zero attached hydrogens (tertiary/aromatic N) is 2. The highest BCUT2D eigenvalue weighted by Gasteiger charge is 2.24. The van der Waals surface area contributed by atoms with Crippen LogP contribution in [-0.2, 0) is 10.0 Å². The Bertz CT molecular complexity index is 1430. The minimum Gasteiger partial charge on any atom is -0.496 e. The van der Waals surface area contributed by atoms with Gasteiger partial charge in [-0.1, -0.05) is 17.7 Å². The lowest BCUT2D eigenvalue weighted by atomic mass is 9.89. The highest BCUT2D eigenvalue weighted by Crippen LogP contribution is 2.48. The summed E-state index contributed by atoms with van der Waals surface area (Å²) in [6.07, 6.45) is 4.72. The minimum absolute atomic E-state index is 0.303. The maximum Gasteiger partial charge on any atom is 0.233 e. The summed E-state index contributed by atoms with van der Waals surface area (Å²) in [5, 5.41) is 3.10. The minimum atomic E-state index is -3.44. The normalized spacial score (nSPS) is 11.2. The lowest BCUT2D eigenvalue weighted by Crippen LogP contribution is -2.25. The fourth-order valence-corrected chi connectivity index (χ4v) is 4.67. The standard InChI is InChI=1S/C28H34FN3O4S/c1-17(2)13-14-30-23-11-9-20(15-22(23)29)25-18(3)28(36-7)26(19(4)27(25)35-6)21-10-12-24(31-16-21)32(5)37(8,33)34/h9-13,15-16,30H,14H2,1-8H3. The van der Waals surface area contributed by atoms with Gasteiger partial charge in [0.1, 0.15) is 23.1 Å². The molecule has 0 saturated carbocycles. The second-order valence-electron chi connectivity index (χ2n) is 9.06. The second-order valence-corrected chi connectivity index (χ2v) is 11.1. The van der Waals surface area contributed by atoms with Gasteiger partial charge in [0.25, 0.3) is 0 Å². The first-order valence-corrected chi connectivity index (χ1v) is 13.6. The summed E-state index contributed by atoms with van der Waals surface area (Å²) in [4.78, 5) is 4.35. The van der Waals surface area contributed by atoms with Crippen LogP contribution in [0.5, 0.6) is 11.5 Å². The van der Waals surface area contributed by atoms with Crippen molar-refractivity contribution in [2.24, 2.45) is 0 Å². The third kappa shape index (κ3) is 5.88. The number of nitrogens with one attached hydrogen (secondary N) is 1. The Morgan fingerprint density at radius 1 is 1.03 bits per heavy atom. The summed E-state index contributed by atoms with van der Waals surface area (Å²) in [6.45, 7) is 8.33. The van der Waals surface area contributed by atoms with Crippen LogP contribution in [0.3, 0.4) is 0 Å². The zero-order valence-electron chi connectivity index (χ0n) is 22.6. The van der Waals surface area contributed by atoms with Crippen LogP contribution in [0.2, 0.25) is 0 Å². The molecule has 1 aromatic heterocycles. The van der Waals surface area contributed by atoms with Gasteiger partial charge in [-0.2, -0.15) is 0 Å². The first kappa shape index (κ1) is 28.0. The van der Waals surface area contributed by atoms with Crippen LogP contribution < -0.4 is 19.1 Å². The van der Waals surface area contributed by atoms with Gasteiger partial charge in [0.05, 0.1) is 26.2 Å². The lowest BCUT2D eigenvalue weighted by molar-refractivity contribution is 0.401. The highest BCUT2D eigenvalue weighted by molar-refractivity contribution is 7.92. The van der Waals surface area contributed by atoms with E-state index in [9.17, 15) is 8.42 Å². The molecule has 0 radical (unpaired) electrons. The number of pyridine rings is 1. The Labute approximate surface area is 219 Å². The Balaban J connectivity index is 2.13. The van der Waals surface area contributed by atoms with Crippen molar-refractivity contribution < 1.29 is 22.3 Å². The van der Waals surface area contributed by atoms with Crippen molar-refractivity contribution >= 4 is 21.5 Å². The average Bonchev–Trinajstić information content (AvgIpc) is 2.84. The van der Waals surface area contributed by atoms with E-state index in [0.717, 1.165) is 44.0 Å². The van der Waals surface area contributed by atoms with E-state index in [2.05, 4.69) is 10.3 Å². The number of aromatic nitrogens is 1. The van der Waals surface area contributed by atoms with Gasteiger partial charge in [-0.15, -0.1) is 0 Å². The van der Waals surface area contributed by atoms with Crippen LogP contribution in [-0.4, -0.2) is 47.5 Å². The van der Waals surface area contributed by atoms with Crippen molar-refractivity contribution in [2.75, 3.05) is 43.7 Å². The molecule has 198 valence electrons. The monoisotopic (exact) mass is 527 g/mol. The number of ether oxygens (including phenoxy) is 2. The van der Waals surface area contributed by atoms with Gasteiger partial charge in [0.2, 0.25) is 10.0 Å². The molecule has 0 aliphatic rings. The zero-order chi connectivity index (χ0) is 27.5. The number of methoxy groups -OCH3 is 2. The summed E-state index contributed by atoms with van der Waals surface area (Å²) < 4.78 is 51.6. The van der Waals surface area contributed by atoms with Crippen LogP contribution in [0.25, 0.3) is 22.3 Å². The molecule has 0 atom stereocenters. The quantitative estimate of drug-likeness (QED) is 0.346.